The summed E-state index contributed by atoms with van der Waals surface area (Å²) in [6.45, 7) is 14.3. The summed E-state index contributed by atoms with van der Waals surface area (Å²) >= 11 is 0. The van der Waals surface area contributed by atoms with E-state index in [1.807, 2.05) is 0 Å². The molecule has 4 aromatic carbocycles. The average molecular weight is 515 g/mol. The van der Waals surface area contributed by atoms with Gasteiger partial charge >= 0.3 is 0 Å². The third kappa shape index (κ3) is 4.85. The zero-order chi connectivity index (χ0) is 26.9. The zero-order valence-corrected chi connectivity index (χ0v) is 25.0. The predicted molar refractivity (Wildman–Crippen MR) is 169 cm³/mol. The van der Waals surface area contributed by atoms with Crippen molar-refractivity contribution in [3.8, 4) is 11.1 Å². The van der Waals surface area contributed by atoms with Crippen LogP contribution in [0.4, 0.5) is 0 Å². The maximum Gasteiger partial charge on any atom is 0.138 e. The Morgan fingerprint density at radius 3 is 1.68 bits per heavy atom. The van der Waals surface area contributed by atoms with Gasteiger partial charge in [-0.15, -0.1) is 0 Å². The van der Waals surface area contributed by atoms with Gasteiger partial charge in [0.25, 0.3) is 0 Å². The van der Waals surface area contributed by atoms with Gasteiger partial charge in [0, 0.05) is 5.41 Å². The van der Waals surface area contributed by atoms with Crippen LogP contribution in [0.3, 0.4) is 0 Å². The summed E-state index contributed by atoms with van der Waals surface area (Å²) in [6, 6.07) is 36.6. The van der Waals surface area contributed by atoms with Gasteiger partial charge in [-0.05, 0) is 59.4 Å². The van der Waals surface area contributed by atoms with Crippen LogP contribution in [0.15, 0.2) is 103 Å². The second-order valence-corrected chi connectivity index (χ2v) is 16.3. The summed E-state index contributed by atoms with van der Waals surface area (Å²) in [5, 5.41) is 2.89. The highest BCUT2D eigenvalue weighted by atomic mass is 28.3. The van der Waals surface area contributed by atoms with Crippen LogP contribution in [0, 0.1) is 18.8 Å². The van der Waals surface area contributed by atoms with Crippen molar-refractivity contribution in [2.45, 2.75) is 59.4 Å². The molecular weight excluding hydrogens is 472 g/mol. The largest absolute Gasteiger partial charge is 0.138 e. The lowest BCUT2D eigenvalue weighted by molar-refractivity contribution is 0.337. The molecule has 0 bridgehead atoms. The second-order valence-electron chi connectivity index (χ2n) is 12.4. The lowest BCUT2D eigenvalue weighted by atomic mass is 9.67. The molecule has 1 aliphatic carbocycles. The van der Waals surface area contributed by atoms with Crippen molar-refractivity contribution < 1.29 is 0 Å². The third-order valence-corrected chi connectivity index (χ3v) is 12.3. The van der Waals surface area contributed by atoms with Crippen LogP contribution < -0.4 is 10.4 Å². The number of aryl methyl sites for hydroxylation is 1. The van der Waals surface area contributed by atoms with E-state index in [9.17, 15) is 0 Å². The second kappa shape index (κ2) is 10.5. The minimum atomic E-state index is -2.05. The van der Waals surface area contributed by atoms with Gasteiger partial charge in [0.05, 0.1) is 0 Å². The quantitative estimate of drug-likeness (QED) is 0.206. The Labute approximate surface area is 231 Å². The van der Waals surface area contributed by atoms with Crippen molar-refractivity contribution >= 4 is 24.5 Å². The Balaban J connectivity index is 1.64. The standard InChI is InChI=1S/C37H42Si/c1-27(2)25-37(26-28(3)4)35-23-29(5)17-19-33(35)34-20-18-30(24-36(34)37)21-22-38(6,31-13-9-7-10-14-31)32-15-11-8-12-16-32/h7-24,27-28H,25-26H2,1-6H3. The van der Waals surface area contributed by atoms with Crippen LogP contribution in [-0.2, 0) is 5.41 Å². The zero-order valence-electron chi connectivity index (χ0n) is 24.0. The fourth-order valence-corrected chi connectivity index (χ4v) is 9.85. The topological polar surface area (TPSA) is 0 Å². The van der Waals surface area contributed by atoms with Crippen molar-refractivity contribution in [1.82, 2.24) is 0 Å². The SMILES string of the molecule is Cc1ccc2c(c1)C(CC(C)C)(CC(C)C)c1cc(C=C[Si](C)(c3ccccc3)c3ccccc3)ccc1-2. The normalized spacial score (nSPS) is 14.3. The molecule has 194 valence electrons. The molecule has 0 saturated carbocycles. The van der Waals surface area contributed by atoms with E-state index in [0.29, 0.717) is 11.8 Å². The van der Waals surface area contributed by atoms with E-state index in [0.717, 1.165) is 0 Å². The van der Waals surface area contributed by atoms with Crippen LogP contribution in [0.5, 0.6) is 0 Å². The molecule has 0 aliphatic heterocycles. The molecule has 0 atom stereocenters. The molecule has 38 heavy (non-hydrogen) atoms. The highest BCUT2D eigenvalue weighted by Crippen LogP contribution is 2.55. The molecule has 5 rings (SSSR count). The fraction of sp³-hybridized carbons (Fsp3) is 0.297. The van der Waals surface area contributed by atoms with E-state index in [-0.39, 0.29) is 5.41 Å². The first-order valence-corrected chi connectivity index (χ1v) is 16.9. The van der Waals surface area contributed by atoms with Crippen LogP contribution in [0.1, 0.15) is 62.8 Å². The van der Waals surface area contributed by atoms with E-state index in [4.69, 9.17) is 0 Å². The molecule has 0 unspecified atom stereocenters. The summed E-state index contributed by atoms with van der Waals surface area (Å²) in [5.41, 5.74) is 11.2. The van der Waals surface area contributed by atoms with Crippen LogP contribution >= 0.6 is 0 Å². The van der Waals surface area contributed by atoms with Gasteiger partial charge in [-0.3, -0.25) is 0 Å². The summed E-state index contributed by atoms with van der Waals surface area (Å²) in [4.78, 5) is 0. The first kappa shape index (κ1) is 26.4. The Bertz CT molecular complexity index is 1380. The van der Waals surface area contributed by atoms with Crippen molar-refractivity contribution in [1.29, 1.82) is 0 Å². The molecule has 0 N–H and O–H groups in total. The highest BCUT2D eigenvalue weighted by molar-refractivity contribution is 7.05. The van der Waals surface area contributed by atoms with Gasteiger partial charge in [0.15, 0.2) is 0 Å². The van der Waals surface area contributed by atoms with Gasteiger partial charge < -0.3 is 0 Å². The van der Waals surface area contributed by atoms with E-state index in [2.05, 4.69) is 150 Å². The highest BCUT2D eigenvalue weighted by Gasteiger charge is 2.43. The van der Waals surface area contributed by atoms with E-state index in [1.54, 1.807) is 5.56 Å². The van der Waals surface area contributed by atoms with Crippen LogP contribution in [0.2, 0.25) is 6.55 Å². The molecule has 0 spiro atoms. The van der Waals surface area contributed by atoms with E-state index >= 15 is 0 Å². The molecular formula is C37H42Si. The lowest BCUT2D eigenvalue weighted by Crippen LogP contribution is -2.54. The van der Waals surface area contributed by atoms with Gasteiger partial charge in [0.1, 0.15) is 8.07 Å². The Morgan fingerprint density at radius 1 is 0.658 bits per heavy atom. The number of fused-ring (bicyclic) bond motifs is 3. The molecule has 0 saturated heterocycles. The van der Waals surface area contributed by atoms with Crippen molar-refractivity contribution in [2.75, 3.05) is 0 Å². The smallest absolute Gasteiger partial charge is 0.0855 e. The van der Waals surface area contributed by atoms with Crippen LogP contribution in [0.25, 0.3) is 17.2 Å². The van der Waals surface area contributed by atoms with Crippen molar-refractivity contribution in [3.05, 3.63) is 125 Å². The molecule has 1 aliphatic rings. The molecule has 0 radical (unpaired) electrons. The maximum atomic E-state index is 2.54. The predicted octanol–water partition coefficient (Wildman–Crippen LogP) is 8.80. The molecule has 0 heterocycles. The summed E-state index contributed by atoms with van der Waals surface area (Å²) in [5.74, 6) is 1.25. The number of benzene rings is 4. The minimum absolute atomic E-state index is 0.0719. The first-order chi connectivity index (χ1) is 18.2. The molecule has 0 amide bonds. The molecule has 0 aromatic heterocycles. The molecule has 0 fully saturated rings. The average Bonchev–Trinajstić information content (AvgIpc) is 3.15. The Hall–Kier alpha value is -3.16. The van der Waals surface area contributed by atoms with Crippen molar-refractivity contribution in [3.63, 3.8) is 0 Å². The lowest BCUT2D eigenvalue weighted by Gasteiger charge is -2.36. The maximum absolute atomic E-state index is 2.54. The fourth-order valence-electron chi connectivity index (χ4n) is 6.84. The Morgan fingerprint density at radius 2 is 1.16 bits per heavy atom. The van der Waals surface area contributed by atoms with Gasteiger partial charge in [-0.1, -0.05) is 159 Å². The van der Waals surface area contributed by atoms with Gasteiger partial charge in [-0.25, -0.2) is 0 Å². The Kier molecular flexibility index (Phi) is 7.33. The van der Waals surface area contributed by atoms with Crippen molar-refractivity contribution in [2.24, 2.45) is 11.8 Å². The van der Waals surface area contributed by atoms with Crippen LogP contribution in [-0.4, -0.2) is 8.07 Å². The summed E-state index contributed by atoms with van der Waals surface area (Å²) in [7, 11) is -2.05. The van der Waals surface area contributed by atoms with E-state index < -0.39 is 8.07 Å². The third-order valence-electron chi connectivity index (χ3n) is 8.41. The first-order valence-electron chi connectivity index (χ1n) is 14.3. The monoisotopic (exact) mass is 514 g/mol. The number of rotatable bonds is 8. The summed E-state index contributed by atoms with van der Waals surface area (Å²) < 4.78 is 0. The van der Waals surface area contributed by atoms with E-state index in [1.165, 1.54) is 51.0 Å². The number of hydrogen-bond acceptors (Lipinski definition) is 0. The number of hydrogen-bond donors (Lipinski definition) is 0. The molecule has 4 aromatic rings. The molecule has 0 nitrogen and oxygen atoms in total. The van der Waals surface area contributed by atoms with Gasteiger partial charge in [-0.2, -0.15) is 0 Å². The van der Waals surface area contributed by atoms with Gasteiger partial charge in [0.2, 0.25) is 0 Å². The molecule has 1 heteroatoms. The minimum Gasteiger partial charge on any atom is -0.0855 e. The summed E-state index contributed by atoms with van der Waals surface area (Å²) in [6.07, 6.45) is 4.78.